The van der Waals surface area contributed by atoms with Crippen LogP contribution in [0.4, 0.5) is 24.8 Å². The second kappa shape index (κ2) is 5.78. The first-order valence-corrected chi connectivity index (χ1v) is 7.88. The standard InChI is InChI=1S/C15H15F3N8/c1-9-21-11(15(16,17)18)5-12(22-9)24(2)10-6-26(7-10)13-14-23-20-8-25(14)4-3-19-13/h3-5,8,10H,6-7H2,1-2H3. The van der Waals surface area contributed by atoms with Crippen LogP contribution >= 0.6 is 0 Å². The molecule has 0 aliphatic carbocycles. The van der Waals surface area contributed by atoms with E-state index in [9.17, 15) is 13.2 Å². The quantitative estimate of drug-likeness (QED) is 0.698. The van der Waals surface area contributed by atoms with E-state index in [4.69, 9.17) is 0 Å². The van der Waals surface area contributed by atoms with Crippen LogP contribution in [-0.2, 0) is 6.18 Å². The van der Waals surface area contributed by atoms with Gasteiger partial charge in [0.15, 0.2) is 5.82 Å². The number of hydrogen-bond donors (Lipinski definition) is 0. The molecule has 0 unspecified atom stereocenters. The number of aromatic nitrogens is 6. The van der Waals surface area contributed by atoms with E-state index in [1.54, 1.807) is 35.1 Å². The van der Waals surface area contributed by atoms with Gasteiger partial charge in [0.2, 0.25) is 5.65 Å². The molecule has 0 saturated carbocycles. The van der Waals surface area contributed by atoms with Crippen LogP contribution < -0.4 is 9.80 Å². The lowest BCUT2D eigenvalue weighted by Gasteiger charge is -2.45. The zero-order chi connectivity index (χ0) is 18.5. The summed E-state index contributed by atoms with van der Waals surface area (Å²) in [5.74, 6) is 1.04. The maximum absolute atomic E-state index is 13.0. The van der Waals surface area contributed by atoms with Gasteiger partial charge in [0, 0.05) is 38.6 Å². The Morgan fingerprint density at radius 1 is 1.23 bits per heavy atom. The molecule has 4 heterocycles. The molecule has 3 aromatic rings. The van der Waals surface area contributed by atoms with Crippen molar-refractivity contribution in [2.45, 2.75) is 19.1 Å². The topological polar surface area (TPSA) is 75.3 Å². The van der Waals surface area contributed by atoms with Crippen LogP contribution in [0.25, 0.3) is 5.65 Å². The van der Waals surface area contributed by atoms with E-state index < -0.39 is 11.9 Å². The molecule has 1 aliphatic rings. The third-order valence-electron chi connectivity index (χ3n) is 4.38. The Bertz CT molecular complexity index is 947. The highest BCUT2D eigenvalue weighted by molar-refractivity contribution is 5.65. The molecule has 1 aliphatic heterocycles. The number of likely N-dealkylation sites (N-methyl/N-ethyl adjacent to an activating group) is 1. The number of anilines is 2. The highest BCUT2D eigenvalue weighted by Gasteiger charge is 2.36. The number of aryl methyl sites for hydroxylation is 1. The van der Waals surface area contributed by atoms with E-state index >= 15 is 0 Å². The Morgan fingerprint density at radius 3 is 2.73 bits per heavy atom. The van der Waals surface area contributed by atoms with Gasteiger partial charge in [-0.1, -0.05) is 0 Å². The van der Waals surface area contributed by atoms with E-state index in [1.807, 2.05) is 4.90 Å². The molecule has 0 N–H and O–H groups in total. The fourth-order valence-corrected chi connectivity index (χ4v) is 2.91. The van der Waals surface area contributed by atoms with Gasteiger partial charge >= 0.3 is 6.18 Å². The van der Waals surface area contributed by atoms with Gasteiger partial charge in [-0.2, -0.15) is 13.2 Å². The maximum Gasteiger partial charge on any atom is 0.433 e. The lowest BCUT2D eigenvalue weighted by molar-refractivity contribution is -0.141. The van der Waals surface area contributed by atoms with Crippen LogP contribution in [0.3, 0.4) is 0 Å². The number of halogens is 3. The summed E-state index contributed by atoms with van der Waals surface area (Å²) in [6.45, 7) is 2.65. The average Bonchev–Trinajstić information content (AvgIpc) is 3.01. The highest BCUT2D eigenvalue weighted by Crippen LogP contribution is 2.31. The van der Waals surface area contributed by atoms with Gasteiger partial charge in [0.25, 0.3) is 0 Å². The van der Waals surface area contributed by atoms with Gasteiger partial charge in [0.05, 0.1) is 6.04 Å². The first-order valence-electron chi connectivity index (χ1n) is 7.88. The molecule has 0 atom stereocenters. The average molecular weight is 364 g/mol. The summed E-state index contributed by atoms with van der Waals surface area (Å²) in [6, 6.07) is 0.989. The van der Waals surface area contributed by atoms with E-state index in [1.165, 1.54) is 6.92 Å². The van der Waals surface area contributed by atoms with Gasteiger partial charge in [-0.05, 0) is 6.92 Å². The third kappa shape index (κ3) is 2.78. The molecule has 0 bridgehead atoms. The summed E-state index contributed by atoms with van der Waals surface area (Å²) in [4.78, 5) is 15.7. The second-order valence-corrected chi connectivity index (χ2v) is 6.14. The molecular weight excluding hydrogens is 349 g/mol. The Morgan fingerprint density at radius 2 is 2.00 bits per heavy atom. The monoisotopic (exact) mass is 364 g/mol. The fourth-order valence-electron chi connectivity index (χ4n) is 2.91. The van der Waals surface area contributed by atoms with Crippen molar-refractivity contribution in [1.29, 1.82) is 0 Å². The zero-order valence-electron chi connectivity index (χ0n) is 14.0. The Hall–Kier alpha value is -2.98. The highest BCUT2D eigenvalue weighted by atomic mass is 19.4. The molecule has 1 fully saturated rings. The first-order chi connectivity index (χ1) is 12.3. The summed E-state index contributed by atoms with van der Waals surface area (Å²) in [7, 11) is 1.73. The minimum Gasteiger partial charge on any atom is -0.353 e. The van der Waals surface area contributed by atoms with Crippen molar-refractivity contribution in [1.82, 2.24) is 29.5 Å². The van der Waals surface area contributed by atoms with E-state index in [-0.39, 0.29) is 17.7 Å². The van der Waals surface area contributed by atoms with E-state index in [0.29, 0.717) is 24.6 Å². The van der Waals surface area contributed by atoms with Crippen LogP contribution in [0.15, 0.2) is 24.8 Å². The first kappa shape index (κ1) is 16.5. The molecule has 3 aromatic heterocycles. The summed E-state index contributed by atoms with van der Waals surface area (Å²) in [6.07, 6.45) is 0.505. The van der Waals surface area contributed by atoms with Crippen molar-refractivity contribution in [2.75, 3.05) is 29.9 Å². The molecule has 1 saturated heterocycles. The second-order valence-electron chi connectivity index (χ2n) is 6.14. The Kier molecular flexibility index (Phi) is 3.67. The summed E-state index contributed by atoms with van der Waals surface area (Å²) >= 11 is 0. The molecule has 8 nitrogen and oxygen atoms in total. The van der Waals surface area contributed by atoms with Crippen LogP contribution in [0.5, 0.6) is 0 Å². The summed E-state index contributed by atoms with van der Waals surface area (Å²) in [5.41, 5.74) is -0.288. The predicted molar refractivity (Wildman–Crippen MR) is 87.0 cm³/mol. The largest absolute Gasteiger partial charge is 0.433 e. The molecule has 0 aromatic carbocycles. The zero-order valence-corrected chi connectivity index (χ0v) is 14.0. The van der Waals surface area contributed by atoms with Crippen molar-refractivity contribution in [2.24, 2.45) is 0 Å². The smallest absolute Gasteiger partial charge is 0.353 e. The van der Waals surface area contributed by atoms with E-state index in [2.05, 4.69) is 25.1 Å². The minimum absolute atomic E-state index is 0.00959. The Balaban J connectivity index is 1.52. The van der Waals surface area contributed by atoms with Crippen LogP contribution in [0, 0.1) is 6.92 Å². The summed E-state index contributed by atoms with van der Waals surface area (Å²) < 4.78 is 40.7. The third-order valence-corrected chi connectivity index (χ3v) is 4.38. The number of fused-ring (bicyclic) bond motifs is 1. The van der Waals surface area contributed by atoms with Gasteiger partial charge in [-0.3, -0.25) is 4.40 Å². The lowest BCUT2D eigenvalue weighted by atomic mass is 10.1. The number of nitrogens with zero attached hydrogens (tertiary/aromatic N) is 8. The van der Waals surface area contributed by atoms with Crippen LogP contribution in [-0.4, -0.2) is 55.7 Å². The van der Waals surface area contributed by atoms with Gasteiger partial charge < -0.3 is 9.80 Å². The van der Waals surface area contributed by atoms with Crippen molar-refractivity contribution in [3.05, 3.63) is 36.3 Å². The summed E-state index contributed by atoms with van der Waals surface area (Å²) in [5, 5.41) is 7.91. The molecule has 4 rings (SSSR count). The minimum atomic E-state index is -4.50. The number of hydrogen-bond acceptors (Lipinski definition) is 7. The van der Waals surface area contributed by atoms with E-state index in [0.717, 1.165) is 6.07 Å². The molecule has 0 radical (unpaired) electrons. The van der Waals surface area contributed by atoms with Gasteiger partial charge in [0.1, 0.15) is 23.7 Å². The molecule has 26 heavy (non-hydrogen) atoms. The molecular formula is C15H15F3N8. The van der Waals surface area contributed by atoms with Gasteiger partial charge in [-0.25, -0.2) is 15.0 Å². The molecule has 0 amide bonds. The van der Waals surface area contributed by atoms with Gasteiger partial charge in [-0.15, -0.1) is 10.2 Å². The predicted octanol–water partition coefficient (Wildman–Crippen LogP) is 1.57. The number of alkyl halides is 3. The van der Waals surface area contributed by atoms with Crippen molar-refractivity contribution in [3.63, 3.8) is 0 Å². The van der Waals surface area contributed by atoms with Crippen molar-refractivity contribution >= 4 is 17.3 Å². The van der Waals surface area contributed by atoms with Crippen molar-refractivity contribution < 1.29 is 13.2 Å². The molecule has 11 heteroatoms. The molecule has 0 spiro atoms. The van der Waals surface area contributed by atoms with Crippen molar-refractivity contribution in [3.8, 4) is 0 Å². The Labute approximate surface area is 146 Å². The maximum atomic E-state index is 13.0. The number of rotatable bonds is 3. The fraction of sp³-hybridized carbons (Fsp3) is 0.400. The SMILES string of the molecule is Cc1nc(N(C)C2CN(c3nccn4cnnc34)C2)cc(C(F)(F)F)n1. The molecule has 136 valence electrons. The lowest BCUT2D eigenvalue weighted by Crippen LogP contribution is -2.59. The van der Waals surface area contributed by atoms with Crippen LogP contribution in [0.1, 0.15) is 11.5 Å². The normalized spacial score (nSPS) is 15.3. The van der Waals surface area contributed by atoms with Crippen LogP contribution in [0.2, 0.25) is 0 Å².